The topological polar surface area (TPSA) is 121 Å². The summed E-state index contributed by atoms with van der Waals surface area (Å²) in [6, 6.07) is 0. The van der Waals surface area contributed by atoms with E-state index in [0.717, 1.165) is 0 Å². The van der Waals surface area contributed by atoms with Crippen molar-refractivity contribution in [1.29, 1.82) is 0 Å². The van der Waals surface area contributed by atoms with Crippen LogP contribution in [-0.4, -0.2) is 61.2 Å². The van der Waals surface area contributed by atoms with Crippen LogP contribution in [0.2, 0.25) is 0 Å². The van der Waals surface area contributed by atoms with Crippen LogP contribution in [0.3, 0.4) is 0 Å². The summed E-state index contributed by atoms with van der Waals surface area (Å²) in [6.45, 7) is 0.335. The predicted molar refractivity (Wildman–Crippen MR) is 60.0 cm³/mol. The van der Waals surface area contributed by atoms with Crippen LogP contribution in [0, 0.1) is 0 Å². The lowest BCUT2D eigenvalue weighted by Crippen LogP contribution is -2.66. The number of halogens is 9. The Bertz CT molecular complexity index is 698. The molecule has 0 aromatic rings. The van der Waals surface area contributed by atoms with Crippen molar-refractivity contribution in [2.24, 2.45) is 0 Å². The third-order valence-electron chi connectivity index (χ3n) is 2.48. The molecule has 0 saturated carbocycles. The van der Waals surface area contributed by atoms with Crippen molar-refractivity contribution in [3.63, 3.8) is 0 Å². The third kappa shape index (κ3) is 4.12. The SMILES string of the molecule is CC(O)C(NS(=O)(=O)C(F)(F)C(F)(F)C(F)(F)C(F)(F)F)S(=O)(=O)O. The van der Waals surface area contributed by atoms with Crippen molar-refractivity contribution in [2.45, 2.75) is 41.7 Å². The van der Waals surface area contributed by atoms with E-state index in [0.29, 0.717) is 6.92 Å². The van der Waals surface area contributed by atoms with Gasteiger partial charge in [0.2, 0.25) is 0 Å². The Labute approximate surface area is 133 Å². The van der Waals surface area contributed by atoms with Crippen LogP contribution in [0.15, 0.2) is 0 Å². The van der Waals surface area contributed by atoms with E-state index in [1.165, 1.54) is 0 Å². The van der Waals surface area contributed by atoms with Gasteiger partial charge in [0, 0.05) is 0 Å². The number of rotatable bonds is 7. The average molecular weight is 437 g/mol. The number of alkyl halides is 9. The summed E-state index contributed by atoms with van der Waals surface area (Å²) < 4.78 is 166. The maximum atomic E-state index is 13.3. The van der Waals surface area contributed by atoms with Gasteiger partial charge in [-0.25, -0.2) is 8.42 Å². The summed E-state index contributed by atoms with van der Waals surface area (Å²) in [4.78, 5) is 0. The molecule has 0 radical (unpaired) electrons. The largest absolute Gasteiger partial charge is 0.460 e. The fourth-order valence-electron chi connectivity index (χ4n) is 1.16. The quantitative estimate of drug-likeness (QED) is 0.403. The van der Waals surface area contributed by atoms with Crippen molar-refractivity contribution < 1.29 is 66.0 Å². The maximum absolute atomic E-state index is 13.3. The minimum atomic E-state index is -7.59. The van der Waals surface area contributed by atoms with Gasteiger partial charge < -0.3 is 5.11 Å². The fraction of sp³-hybridized carbons (Fsp3) is 1.00. The summed E-state index contributed by atoms with van der Waals surface area (Å²) in [7, 11) is -13.1. The van der Waals surface area contributed by atoms with Crippen molar-refractivity contribution in [3.8, 4) is 0 Å². The smallest absolute Gasteiger partial charge is 0.391 e. The molecule has 0 spiro atoms. The van der Waals surface area contributed by atoms with Crippen LogP contribution < -0.4 is 4.72 Å². The molecule has 0 aliphatic rings. The van der Waals surface area contributed by atoms with Crippen molar-refractivity contribution in [1.82, 2.24) is 4.72 Å². The summed E-state index contributed by atoms with van der Waals surface area (Å²) in [5.74, 6) is -15.1. The van der Waals surface area contributed by atoms with E-state index in [9.17, 15) is 56.3 Å². The molecule has 0 saturated heterocycles. The van der Waals surface area contributed by atoms with Gasteiger partial charge in [-0.3, -0.25) is 4.55 Å². The second-order valence-electron chi connectivity index (χ2n) is 4.46. The molecule has 0 bridgehead atoms. The molecule has 2 unspecified atom stereocenters. The molecule has 0 fully saturated rings. The predicted octanol–water partition coefficient (Wildman–Crippen LogP) is 0.926. The normalized spacial score (nSPS) is 18.1. The Morgan fingerprint density at radius 1 is 0.840 bits per heavy atom. The molecule has 0 heterocycles. The number of hydrogen-bond acceptors (Lipinski definition) is 5. The molecule has 0 aromatic heterocycles. The second-order valence-corrected chi connectivity index (χ2v) is 7.75. The van der Waals surface area contributed by atoms with Crippen LogP contribution in [0.4, 0.5) is 39.5 Å². The van der Waals surface area contributed by atoms with E-state index in [-0.39, 0.29) is 4.72 Å². The van der Waals surface area contributed by atoms with Crippen molar-refractivity contribution in [2.75, 3.05) is 0 Å². The number of sulfonamides is 1. The van der Waals surface area contributed by atoms with Gasteiger partial charge in [-0.15, -0.1) is 0 Å². The lowest BCUT2D eigenvalue weighted by atomic mass is 10.1. The van der Waals surface area contributed by atoms with Crippen LogP contribution >= 0.6 is 0 Å². The highest BCUT2D eigenvalue weighted by molar-refractivity contribution is 7.92. The van der Waals surface area contributed by atoms with Crippen LogP contribution in [0.5, 0.6) is 0 Å². The number of aliphatic hydroxyl groups excluding tert-OH is 1. The number of hydrogen-bond donors (Lipinski definition) is 3. The first kappa shape index (κ1) is 24.1. The summed E-state index contributed by atoms with van der Waals surface area (Å²) in [5.41, 5.74) is 0. The highest BCUT2D eigenvalue weighted by Gasteiger charge is 2.85. The van der Waals surface area contributed by atoms with Gasteiger partial charge in [0.15, 0.2) is 5.37 Å². The first-order valence-corrected chi connectivity index (χ1v) is 8.39. The first-order valence-electron chi connectivity index (χ1n) is 5.40. The van der Waals surface area contributed by atoms with Crippen molar-refractivity contribution in [3.05, 3.63) is 0 Å². The van der Waals surface area contributed by atoms with E-state index in [4.69, 9.17) is 9.66 Å². The van der Waals surface area contributed by atoms with E-state index < -0.39 is 54.9 Å². The van der Waals surface area contributed by atoms with E-state index in [1.807, 2.05) is 0 Å². The van der Waals surface area contributed by atoms with Crippen LogP contribution in [0.1, 0.15) is 6.92 Å². The number of aliphatic hydroxyl groups is 1. The molecule has 0 rings (SSSR count). The molecule has 18 heteroatoms. The molecule has 152 valence electrons. The zero-order valence-electron chi connectivity index (χ0n) is 11.4. The first-order chi connectivity index (χ1) is 10.5. The molecule has 7 nitrogen and oxygen atoms in total. The van der Waals surface area contributed by atoms with Gasteiger partial charge in [-0.1, -0.05) is 0 Å². The third-order valence-corrected chi connectivity index (χ3v) is 5.28. The molecule has 3 N–H and O–H groups in total. The van der Waals surface area contributed by atoms with Crippen LogP contribution in [-0.2, 0) is 20.1 Å². The molecular formula is C7H8F9NO6S2. The Kier molecular flexibility index (Phi) is 6.18. The highest BCUT2D eigenvalue weighted by Crippen LogP contribution is 2.54. The fourth-order valence-corrected chi connectivity index (χ4v) is 3.65. The highest BCUT2D eigenvalue weighted by atomic mass is 32.2. The van der Waals surface area contributed by atoms with Gasteiger partial charge in [0.05, 0.1) is 6.10 Å². The summed E-state index contributed by atoms with van der Waals surface area (Å²) in [6.07, 6.45) is -9.90. The molecular weight excluding hydrogens is 429 g/mol. The molecule has 25 heavy (non-hydrogen) atoms. The Morgan fingerprint density at radius 3 is 1.44 bits per heavy atom. The Hall–Kier alpha value is -0.850. The summed E-state index contributed by atoms with van der Waals surface area (Å²) in [5, 5.41) is -1.73. The van der Waals surface area contributed by atoms with E-state index in [2.05, 4.69) is 0 Å². The minimum absolute atomic E-state index is 0.0563. The lowest BCUT2D eigenvalue weighted by Gasteiger charge is -2.33. The van der Waals surface area contributed by atoms with Gasteiger partial charge in [0.25, 0.3) is 20.1 Å². The molecule has 0 amide bonds. The van der Waals surface area contributed by atoms with Gasteiger partial charge in [-0.05, 0) is 6.92 Å². The van der Waals surface area contributed by atoms with Crippen molar-refractivity contribution >= 4 is 20.1 Å². The van der Waals surface area contributed by atoms with E-state index in [1.54, 1.807) is 0 Å². The Balaban J connectivity index is 6.24. The van der Waals surface area contributed by atoms with Crippen LogP contribution in [0.25, 0.3) is 0 Å². The van der Waals surface area contributed by atoms with Gasteiger partial charge in [-0.2, -0.15) is 52.7 Å². The molecule has 0 aromatic carbocycles. The van der Waals surface area contributed by atoms with E-state index >= 15 is 0 Å². The monoisotopic (exact) mass is 437 g/mol. The number of nitrogens with one attached hydrogen (secondary N) is 1. The lowest BCUT2D eigenvalue weighted by molar-refractivity contribution is -0.382. The molecule has 0 aliphatic heterocycles. The maximum Gasteiger partial charge on any atom is 0.460 e. The second kappa shape index (κ2) is 6.39. The van der Waals surface area contributed by atoms with Gasteiger partial charge in [0.1, 0.15) is 0 Å². The zero-order chi connectivity index (χ0) is 20.9. The van der Waals surface area contributed by atoms with Gasteiger partial charge >= 0.3 is 23.3 Å². The molecule has 2 atom stereocenters. The standard InChI is InChI=1S/C7H8F9NO6S2/c1-2(18)3(24(19,20)21)17-25(22,23)7(15,16)5(10,11)4(8,9)6(12,13)14/h2-3,17-18H,1H3,(H,19,20,21). The minimum Gasteiger partial charge on any atom is -0.391 e. The Morgan fingerprint density at radius 2 is 1.20 bits per heavy atom. The molecule has 0 aliphatic carbocycles. The average Bonchev–Trinajstić information content (AvgIpc) is 2.32. The zero-order valence-corrected chi connectivity index (χ0v) is 13.0. The summed E-state index contributed by atoms with van der Waals surface area (Å²) >= 11 is 0.